The van der Waals surface area contributed by atoms with Crippen LogP contribution < -0.4 is 4.74 Å². The summed E-state index contributed by atoms with van der Waals surface area (Å²) < 4.78 is 44.4. The van der Waals surface area contributed by atoms with Gasteiger partial charge in [0.1, 0.15) is 5.75 Å². The lowest BCUT2D eigenvalue weighted by Crippen LogP contribution is -2.13. The number of hydrogen-bond acceptors (Lipinski definition) is 2. The van der Waals surface area contributed by atoms with E-state index in [9.17, 15) is 18.0 Å². The van der Waals surface area contributed by atoms with Gasteiger partial charge >= 0.3 is 12.1 Å². The average Bonchev–Trinajstić information content (AvgIpc) is 2.69. The molecular formula is C23H23F3O3. The molecule has 1 N–H and O–H groups in total. The van der Waals surface area contributed by atoms with Gasteiger partial charge in [0.2, 0.25) is 0 Å². The largest absolute Gasteiger partial charge is 0.490 e. The summed E-state index contributed by atoms with van der Waals surface area (Å²) in [5.41, 5.74) is 1.14. The van der Waals surface area contributed by atoms with E-state index in [1.807, 2.05) is 13.8 Å². The van der Waals surface area contributed by atoms with E-state index in [-0.39, 0.29) is 6.10 Å². The zero-order valence-corrected chi connectivity index (χ0v) is 16.2. The molecule has 0 spiro atoms. The minimum absolute atomic E-state index is 0.115. The Balaban J connectivity index is 2.37. The summed E-state index contributed by atoms with van der Waals surface area (Å²) in [4.78, 5) is 10.8. The molecule has 2 aromatic carbocycles. The van der Waals surface area contributed by atoms with Crippen molar-refractivity contribution in [1.82, 2.24) is 0 Å². The molecule has 0 radical (unpaired) electrons. The Morgan fingerprint density at radius 2 is 1.52 bits per heavy atom. The molecule has 2 aromatic rings. The molecule has 154 valence electrons. The first-order valence-corrected chi connectivity index (χ1v) is 9.30. The fourth-order valence-electron chi connectivity index (χ4n) is 2.79. The number of alkyl halides is 3. The molecule has 0 aliphatic heterocycles. The van der Waals surface area contributed by atoms with Crippen molar-refractivity contribution in [2.45, 2.75) is 39.0 Å². The van der Waals surface area contributed by atoms with Gasteiger partial charge in [0, 0.05) is 6.08 Å². The summed E-state index contributed by atoms with van der Waals surface area (Å²) in [6.07, 6.45) is 1.35. The second kappa shape index (κ2) is 9.96. The molecule has 0 amide bonds. The van der Waals surface area contributed by atoms with Crippen LogP contribution in [0.3, 0.4) is 0 Å². The van der Waals surface area contributed by atoms with Gasteiger partial charge in [0.25, 0.3) is 0 Å². The van der Waals surface area contributed by atoms with Gasteiger partial charge in [-0.25, -0.2) is 4.79 Å². The molecule has 0 heterocycles. The predicted octanol–water partition coefficient (Wildman–Crippen LogP) is 6.35. The van der Waals surface area contributed by atoms with Crippen LogP contribution in [0.4, 0.5) is 13.2 Å². The third-order valence-electron chi connectivity index (χ3n) is 4.40. The molecule has 0 bridgehead atoms. The third kappa shape index (κ3) is 6.52. The van der Waals surface area contributed by atoms with E-state index in [0.29, 0.717) is 16.9 Å². The Hall–Kier alpha value is -3.02. The molecule has 0 saturated heterocycles. The number of hydrogen-bond donors (Lipinski definition) is 1. The van der Waals surface area contributed by atoms with Crippen molar-refractivity contribution in [3.05, 3.63) is 83.4 Å². The highest BCUT2D eigenvalue weighted by atomic mass is 19.4. The summed E-state index contributed by atoms with van der Waals surface area (Å²) in [5, 5.41) is 8.80. The lowest BCUT2D eigenvalue weighted by atomic mass is 9.96. The van der Waals surface area contributed by atoms with Gasteiger partial charge in [-0.3, -0.25) is 0 Å². The van der Waals surface area contributed by atoms with Crippen LogP contribution in [0.25, 0.3) is 5.57 Å². The van der Waals surface area contributed by atoms with Crippen molar-refractivity contribution < 1.29 is 27.8 Å². The number of ether oxygens (including phenoxy) is 1. The standard InChI is InChI=1S/C23H23F3O3/c1-3-19(4-2)29-20-14-10-17(11-15-20)21(6-5-7-22(27)28)16-8-12-18(13-9-16)23(24,25)26/h5-15,19H,3-4H2,1-2H3,(H,27,28). The number of halogens is 3. The number of carbonyl (C=O) groups is 1. The van der Waals surface area contributed by atoms with Crippen molar-refractivity contribution in [3.63, 3.8) is 0 Å². The topological polar surface area (TPSA) is 46.5 Å². The molecule has 0 atom stereocenters. The Labute approximate surface area is 168 Å². The van der Waals surface area contributed by atoms with Crippen molar-refractivity contribution in [2.75, 3.05) is 0 Å². The van der Waals surface area contributed by atoms with Gasteiger partial charge in [-0.1, -0.05) is 50.3 Å². The van der Waals surface area contributed by atoms with E-state index in [1.165, 1.54) is 18.2 Å². The molecule has 0 aliphatic rings. The summed E-state index contributed by atoms with van der Waals surface area (Å²) in [6, 6.07) is 12.0. The van der Waals surface area contributed by atoms with Crippen LogP contribution in [0, 0.1) is 0 Å². The number of allylic oxidation sites excluding steroid dienone is 2. The van der Waals surface area contributed by atoms with E-state index >= 15 is 0 Å². The van der Waals surface area contributed by atoms with E-state index in [0.717, 1.165) is 36.6 Å². The third-order valence-corrected chi connectivity index (χ3v) is 4.40. The lowest BCUT2D eigenvalue weighted by Gasteiger charge is -2.16. The van der Waals surface area contributed by atoms with Gasteiger partial charge in [0.05, 0.1) is 11.7 Å². The number of rotatable bonds is 8. The van der Waals surface area contributed by atoms with E-state index in [4.69, 9.17) is 9.84 Å². The lowest BCUT2D eigenvalue weighted by molar-refractivity contribution is -0.137. The summed E-state index contributed by atoms with van der Waals surface area (Å²) in [5.74, 6) is -0.405. The quantitative estimate of drug-likeness (QED) is 0.412. The predicted molar refractivity (Wildman–Crippen MR) is 107 cm³/mol. The maximum Gasteiger partial charge on any atom is 0.416 e. The first kappa shape index (κ1) is 22.3. The van der Waals surface area contributed by atoms with Crippen LogP contribution in [-0.2, 0) is 11.0 Å². The maximum atomic E-state index is 12.8. The first-order chi connectivity index (χ1) is 13.7. The monoisotopic (exact) mass is 404 g/mol. The number of aliphatic carboxylic acids is 1. The van der Waals surface area contributed by atoms with Crippen LogP contribution in [0.1, 0.15) is 43.4 Å². The fraction of sp³-hybridized carbons (Fsp3) is 0.261. The average molecular weight is 404 g/mol. The van der Waals surface area contributed by atoms with Gasteiger partial charge in [-0.05, 0) is 53.8 Å². The molecule has 6 heteroatoms. The normalized spacial score (nSPS) is 12.6. The van der Waals surface area contributed by atoms with Crippen molar-refractivity contribution in [2.24, 2.45) is 0 Å². The molecule has 0 aromatic heterocycles. The second-order valence-corrected chi connectivity index (χ2v) is 6.43. The van der Waals surface area contributed by atoms with Crippen LogP contribution in [0.2, 0.25) is 0 Å². The molecule has 0 unspecified atom stereocenters. The zero-order chi connectivity index (χ0) is 21.4. The Morgan fingerprint density at radius 3 is 1.97 bits per heavy atom. The highest BCUT2D eigenvalue weighted by molar-refractivity contribution is 5.84. The number of carboxylic acid groups (broad SMARTS) is 1. The van der Waals surface area contributed by atoms with Crippen LogP contribution in [-0.4, -0.2) is 17.2 Å². The maximum absolute atomic E-state index is 12.8. The Kier molecular flexibility index (Phi) is 7.65. The highest BCUT2D eigenvalue weighted by Crippen LogP contribution is 2.32. The van der Waals surface area contributed by atoms with Gasteiger partial charge in [0.15, 0.2) is 0 Å². The highest BCUT2D eigenvalue weighted by Gasteiger charge is 2.30. The first-order valence-electron chi connectivity index (χ1n) is 9.30. The van der Waals surface area contributed by atoms with E-state index < -0.39 is 17.7 Å². The number of benzene rings is 2. The minimum atomic E-state index is -4.42. The second-order valence-electron chi connectivity index (χ2n) is 6.43. The summed E-state index contributed by atoms with van der Waals surface area (Å²) in [7, 11) is 0. The van der Waals surface area contributed by atoms with E-state index in [1.54, 1.807) is 30.3 Å². The van der Waals surface area contributed by atoms with Crippen LogP contribution >= 0.6 is 0 Å². The van der Waals surface area contributed by atoms with Crippen LogP contribution in [0.5, 0.6) is 5.75 Å². The van der Waals surface area contributed by atoms with Gasteiger partial charge in [-0.15, -0.1) is 0 Å². The minimum Gasteiger partial charge on any atom is -0.490 e. The fourth-order valence-corrected chi connectivity index (χ4v) is 2.79. The summed E-state index contributed by atoms with van der Waals surface area (Å²) in [6.45, 7) is 4.09. The Morgan fingerprint density at radius 1 is 1.00 bits per heavy atom. The zero-order valence-electron chi connectivity index (χ0n) is 16.2. The van der Waals surface area contributed by atoms with Gasteiger partial charge < -0.3 is 9.84 Å². The molecule has 2 rings (SSSR count). The van der Waals surface area contributed by atoms with Crippen molar-refractivity contribution in [3.8, 4) is 5.75 Å². The molecule has 3 nitrogen and oxygen atoms in total. The number of carboxylic acids is 1. The van der Waals surface area contributed by atoms with Gasteiger partial charge in [-0.2, -0.15) is 13.2 Å². The molecule has 29 heavy (non-hydrogen) atoms. The van der Waals surface area contributed by atoms with Crippen LogP contribution in [0.15, 0.2) is 66.8 Å². The molecule has 0 saturated carbocycles. The van der Waals surface area contributed by atoms with E-state index in [2.05, 4.69) is 0 Å². The SMILES string of the molecule is CCC(CC)Oc1ccc(C(=CC=CC(=O)O)c2ccc(C(F)(F)F)cc2)cc1. The summed E-state index contributed by atoms with van der Waals surface area (Å²) >= 11 is 0. The van der Waals surface area contributed by atoms with Crippen molar-refractivity contribution in [1.29, 1.82) is 0 Å². The molecular weight excluding hydrogens is 381 g/mol. The van der Waals surface area contributed by atoms with Crippen molar-refractivity contribution >= 4 is 11.5 Å². The Bertz CT molecular complexity index is 860. The molecule has 0 fully saturated rings. The smallest absolute Gasteiger partial charge is 0.416 e. The molecule has 0 aliphatic carbocycles.